The fourth-order valence-electron chi connectivity index (χ4n) is 0.751. The number of carbonyl (C=O) groups excluding carboxylic acids is 1. The maximum Gasteiger partial charge on any atom is 0.304 e. The topological polar surface area (TPSA) is 92.4 Å². The van der Waals surface area contributed by atoms with Crippen molar-refractivity contribution in [2.75, 3.05) is 0 Å². The molecule has 0 aromatic rings. The van der Waals surface area contributed by atoms with Crippen LogP contribution < -0.4 is 11.3 Å². The lowest BCUT2D eigenvalue weighted by Crippen LogP contribution is -2.36. The third-order valence-electron chi connectivity index (χ3n) is 1.43. The van der Waals surface area contributed by atoms with E-state index in [4.69, 9.17) is 10.9 Å². The van der Waals surface area contributed by atoms with Crippen LogP contribution in [0, 0.1) is 5.92 Å². The Kier molecular flexibility index (Phi) is 4.21. The van der Waals surface area contributed by atoms with Crippen molar-refractivity contribution in [3.63, 3.8) is 0 Å². The Morgan fingerprint density at radius 2 is 2.18 bits per heavy atom. The van der Waals surface area contributed by atoms with E-state index in [1.807, 2.05) is 5.43 Å². The molecule has 0 saturated heterocycles. The molecule has 0 radical (unpaired) electrons. The smallest absolute Gasteiger partial charge is 0.304 e. The van der Waals surface area contributed by atoms with Crippen molar-refractivity contribution in [1.82, 2.24) is 5.43 Å². The van der Waals surface area contributed by atoms with Crippen LogP contribution in [0.25, 0.3) is 0 Å². The number of aliphatic carboxylic acids is 1. The molecular formula is C6H12N2O3. The SMILES string of the molecule is CCC(CC(=O)O)C(=O)NN. The number of rotatable bonds is 4. The van der Waals surface area contributed by atoms with Crippen LogP contribution in [-0.4, -0.2) is 17.0 Å². The van der Waals surface area contributed by atoms with Crippen molar-refractivity contribution in [2.24, 2.45) is 11.8 Å². The average molecular weight is 160 g/mol. The van der Waals surface area contributed by atoms with E-state index >= 15 is 0 Å². The van der Waals surface area contributed by atoms with E-state index < -0.39 is 17.8 Å². The predicted molar refractivity (Wildman–Crippen MR) is 38.4 cm³/mol. The number of carboxylic acids is 1. The summed E-state index contributed by atoms with van der Waals surface area (Å²) in [6, 6.07) is 0. The van der Waals surface area contributed by atoms with Gasteiger partial charge < -0.3 is 5.11 Å². The molecule has 64 valence electrons. The van der Waals surface area contributed by atoms with Gasteiger partial charge in [-0.2, -0.15) is 0 Å². The maximum absolute atomic E-state index is 10.8. The Hall–Kier alpha value is -1.10. The van der Waals surface area contributed by atoms with E-state index in [1.54, 1.807) is 6.92 Å². The standard InChI is InChI=1S/C6H12N2O3/c1-2-4(3-5(9)10)6(11)8-7/h4H,2-3,7H2,1H3,(H,8,11)(H,9,10). The van der Waals surface area contributed by atoms with Crippen molar-refractivity contribution in [1.29, 1.82) is 0 Å². The molecule has 0 saturated carbocycles. The Labute approximate surface area is 64.5 Å². The van der Waals surface area contributed by atoms with E-state index in [2.05, 4.69) is 0 Å². The van der Waals surface area contributed by atoms with Gasteiger partial charge in [0.05, 0.1) is 6.42 Å². The van der Waals surface area contributed by atoms with Crippen LogP contribution in [0.15, 0.2) is 0 Å². The molecule has 0 aromatic carbocycles. The zero-order valence-corrected chi connectivity index (χ0v) is 6.33. The molecule has 0 fully saturated rings. The molecule has 0 aliphatic carbocycles. The summed E-state index contributed by atoms with van der Waals surface area (Å²) in [4.78, 5) is 20.9. The van der Waals surface area contributed by atoms with Gasteiger partial charge in [-0.25, -0.2) is 5.84 Å². The van der Waals surface area contributed by atoms with Crippen LogP contribution in [0.3, 0.4) is 0 Å². The van der Waals surface area contributed by atoms with Gasteiger partial charge in [-0.15, -0.1) is 0 Å². The summed E-state index contributed by atoms with van der Waals surface area (Å²) in [5.41, 5.74) is 1.92. The highest BCUT2D eigenvalue weighted by Gasteiger charge is 2.18. The van der Waals surface area contributed by atoms with Gasteiger partial charge in [0.15, 0.2) is 0 Å². The number of hydrogen-bond donors (Lipinski definition) is 3. The molecule has 1 amide bonds. The normalized spacial score (nSPS) is 12.2. The third kappa shape index (κ3) is 3.57. The second-order valence-electron chi connectivity index (χ2n) is 2.21. The Morgan fingerprint density at radius 1 is 1.64 bits per heavy atom. The number of hydrogen-bond acceptors (Lipinski definition) is 3. The maximum atomic E-state index is 10.8. The zero-order valence-electron chi connectivity index (χ0n) is 6.33. The lowest BCUT2D eigenvalue weighted by molar-refractivity contribution is -0.141. The van der Waals surface area contributed by atoms with E-state index in [-0.39, 0.29) is 6.42 Å². The highest BCUT2D eigenvalue weighted by molar-refractivity contribution is 5.82. The quantitative estimate of drug-likeness (QED) is 0.293. The van der Waals surface area contributed by atoms with Gasteiger partial charge in [-0.1, -0.05) is 6.92 Å². The van der Waals surface area contributed by atoms with E-state index in [0.29, 0.717) is 6.42 Å². The van der Waals surface area contributed by atoms with Crippen LogP contribution in [0.5, 0.6) is 0 Å². The molecule has 0 aliphatic rings. The summed E-state index contributed by atoms with van der Waals surface area (Å²) < 4.78 is 0. The van der Waals surface area contributed by atoms with E-state index in [1.165, 1.54) is 0 Å². The highest BCUT2D eigenvalue weighted by Crippen LogP contribution is 2.06. The summed E-state index contributed by atoms with van der Waals surface area (Å²) in [5, 5.41) is 8.34. The summed E-state index contributed by atoms with van der Waals surface area (Å²) in [7, 11) is 0. The lowest BCUT2D eigenvalue weighted by atomic mass is 10.0. The molecule has 0 aliphatic heterocycles. The fourth-order valence-corrected chi connectivity index (χ4v) is 0.751. The minimum atomic E-state index is -0.986. The Balaban J connectivity index is 3.94. The minimum Gasteiger partial charge on any atom is -0.481 e. The number of nitrogens with two attached hydrogens (primary N) is 1. The fraction of sp³-hybridized carbons (Fsp3) is 0.667. The molecular weight excluding hydrogens is 148 g/mol. The van der Waals surface area contributed by atoms with Gasteiger partial charge in [0.25, 0.3) is 0 Å². The molecule has 5 nitrogen and oxygen atoms in total. The monoisotopic (exact) mass is 160 g/mol. The second-order valence-corrected chi connectivity index (χ2v) is 2.21. The van der Waals surface area contributed by atoms with Crippen LogP contribution in [0.4, 0.5) is 0 Å². The number of amides is 1. The molecule has 0 bridgehead atoms. The molecule has 0 heterocycles. The number of hydrazine groups is 1. The van der Waals surface area contributed by atoms with Gasteiger partial charge >= 0.3 is 5.97 Å². The molecule has 0 rings (SSSR count). The summed E-state index contributed by atoms with van der Waals surface area (Å²) >= 11 is 0. The molecule has 1 unspecified atom stereocenters. The van der Waals surface area contributed by atoms with Crippen LogP contribution in [0.1, 0.15) is 19.8 Å². The highest BCUT2D eigenvalue weighted by atomic mass is 16.4. The number of nitrogens with one attached hydrogen (secondary N) is 1. The first-order chi connectivity index (χ1) is 5.11. The Morgan fingerprint density at radius 3 is 2.45 bits per heavy atom. The van der Waals surface area contributed by atoms with Crippen molar-refractivity contribution in [3.8, 4) is 0 Å². The first-order valence-electron chi connectivity index (χ1n) is 3.34. The third-order valence-corrected chi connectivity index (χ3v) is 1.43. The van der Waals surface area contributed by atoms with Gasteiger partial charge in [-0.05, 0) is 6.42 Å². The molecule has 5 heteroatoms. The largest absolute Gasteiger partial charge is 0.481 e. The zero-order chi connectivity index (χ0) is 8.85. The van der Waals surface area contributed by atoms with Gasteiger partial charge in [0, 0.05) is 5.92 Å². The number of carbonyl (C=O) groups is 2. The minimum absolute atomic E-state index is 0.167. The number of carboxylic acid groups (broad SMARTS) is 1. The van der Waals surface area contributed by atoms with Crippen molar-refractivity contribution in [2.45, 2.75) is 19.8 Å². The van der Waals surface area contributed by atoms with Crippen LogP contribution >= 0.6 is 0 Å². The van der Waals surface area contributed by atoms with Gasteiger partial charge in [-0.3, -0.25) is 15.0 Å². The van der Waals surface area contributed by atoms with Crippen LogP contribution in [0.2, 0.25) is 0 Å². The van der Waals surface area contributed by atoms with Crippen LogP contribution in [-0.2, 0) is 9.59 Å². The molecule has 11 heavy (non-hydrogen) atoms. The summed E-state index contributed by atoms with van der Waals surface area (Å²) in [6.45, 7) is 1.74. The van der Waals surface area contributed by atoms with Crippen molar-refractivity contribution >= 4 is 11.9 Å². The summed E-state index contributed by atoms with van der Waals surface area (Å²) in [5.74, 6) is 2.91. The molecule has 0 aromatic heterocycles. The Bertz CT molecular complexity index is 158. The lowest BCUT2D eigenvalue weighted by Gasteiger charge is -2.08. The van der Waals surface area contributed by atoms with E-state index in [9.17, 15) is 9.59 Å². The summed E-state index contributed by atoms with van der Waals surface area (Å²) in [6.07, 6.45) is 0.314. The molecule has 0 spiro atoms. The van der Waals surface area contributed by atoms with Crippen molar-refractivity contribution in [3.05, 3.63) is 0 Å². The van der Waals surface area contributed by atoms with E-state index in [0.717, 1.165) is 0 Å². The molecule has 1 atom stereocenters. The molecule has 4 N–H and O–H groups in total. The van der Waals surface area contributed by atoms with Gasteiger partial charge in [0.1, 0.15) is 0 Å². The predicted octanol–water partition coefficient (Wildman–Crippen LogP) is -0.523. The first kappa shape index (κ1) is 9.90. The first-order valence-corrected chi connectivity index (χ1v) is 3.34. The second kappa shape index (κ2) is 4.68. The van der Waals surface area contributed by atoms with Crippen molar-refractivity contribution < 1.29 is 14.7 Å². The van der Waals surface area contributed by atoms with Gasteiger partial charge in [0.2, 0.25) is 5.91 Å². The average Bonchev–Trinajstić information content (AvgIpc) is 1.98.